The van der Waals surface area contributed by atoms with Gasteiger partial charge >= 0.3 is 0 Å². The second-order valence-electron chi connectivity index (χ2n) is 5.74. The van der Waals surface area contributed by atoms with Gasteiger partial charge in [0.15, 0.2) is 0 Å². The molecule has 5 heteroatoms. The first-order valence-electron chi connectivity index (χ1n) is 6.62. The minimum absolute atomic E-state index is 0.0348. The smallest absolute Gasteiger partial charge is 0.227 e. The van der Waals surface area contributed by atoms with Crippen molar-refractivity contribution >= 4 is 23.0 Å². The summed E-state index contributed by atoms with van der Waals surface area (Å²) in [5.41, 5.74) is 8.27. The van der Waals surface area contributed by atoms with Crippen molar-refractivity contribution in [1.82, 2.24) is 0 Å². The third kappa shape index (κ3) is 2.66. The highest BCUT2D eigenvalue weighted by Crippen LogP contribution is 2.32. The number of ether oxygens (including phenoxy) is 1. The molecule has 0 bridgehead atoms. The molecular weight excluding hydrogens is 242 g/mol. The van der Waals surface area contributed by atoms with Crippen LogP contribution in [0.15, 0.2) is 18.2 Å². The maximum atomic E-state index is 11.7. The van der Waals surface area contributed by atoms with Gasteiger partial charge < -0.3 is 21.1 Å². The molecule has 1 aliphatic heterocycles. The van der Waals surface area contributed by atoms with E-state index in [0.29, 0.717) is 18.9 Å². The summed E-state index contributed by atoms with van der Waals surface area (Å²) in [6, 6.07) is 5.58. The lowest BCUT2D eigenvalue weighted by Crippen LogP contribution is -2.53. The highest BCUT2D eigenvalue weighted by atomic mass is 16.5. The second kappa shape index (κ2) is 4.42. The molecule has 1 heterocycles. The number of amides is 1. The predicted octanol–water partition coefficient (Wildman–Crippen LogP) is 1.82. The van der Waals surface area contributed by atoms with E-state index in [9.17, 15) is 4.79 Å². The molecule has 1 aliphatic carbocycles. The fourth-order valence-electron chi connectivity index (χ4n) is 2.15. The van der Waals surface area contributed by atoms with Crippen LogP contribution in [0.25, 0.3) is 0 Å². The number of carbonyl (C=O) groups is 1. The molecule has 4 N–H and O–H groups in total. The third-order valence-electron chi connectivity index (χ3n) is 3.54. The molecule has 1 amide bonds. The van der Waals surface area contributed by atoms with Crippen LogP contribution in [-0.4, -0.2) is 24.7 Å². The molecule has 5 nitrogen and oxygen atoms in total. The molecule has 1 aromatic carbocycles. The Kier molecular flexibility index (Phi) is 2.86. The Bertz CT molecular complexity index is 507. The Hall–Kier alpha value is -1.75. The quantitative estimate of drug-likeness (QED) is 0.723. The van der Waals surface area contributed by atoms with Gasteiger partial charge in [-0.1, -0.05) is 0 Å². The zero-order valence-electron chi connectivity index (χ0n) is 11.0. The van der Waals surface area contributed by atoms with E-state index in [1.165, 1.54) is 0 Å². The van der Waals surface area contributed by atoms with Gasteiger partial charge in [-0.25, -0.2) is 0 Å². The topological polar surface area (TPSA) is 76.4 Å². The summed E-state index contributed by atoms with van der Waals surface area (Å²) in [5.74, 6) is 0.296. The van der Waals surface area contributed by atoms with E-state index in [0.717, 1.165) is 24.2 Å². The second-order valence-corrected chi connectivity index (χ2v) is 5.74. The first-order valence-corrected chi connectivity index (χ1v) is 6.62. The van der Waals surface area contributed by atoms with Crippen molar-refractivity contribution in [1.29, 1.82) is 0 Å². The van der Waals surface area contributed by atoms with Crippen LogP contribution < -0.4 is 16.4 Å². The van der Waals surface area contributed by atoms with Gasteiger partial charge in [-0.3, -0.25) is 4.79 Å². The summed E-state index contributed by atoms with van der Waals surface area (Å²) in [7, 11) is 0. The normalized spacial score (nSPS) is 20.5. The number of hydrogen-bond acceptors (Lipinski definition) is 4. The van der Waals surface area contributed by atoms with Gasteiger partial charge in [-0.2, -0.15) is 0 Å². The highest BCUT2D eigenvalue weighted by Gasteiger charge is 2.33. The van der Waals surface area contributed by atoms with Crippen molar-refractivity contribution in [3.05, 3.63) is 18.2 Å². The van der Waals surface area contributed by atoms with Crippen LogP contribution in [0.5, 0.6) is 0 Å². The number of nitrogen functional groups attached to an aromatic ring is 1. The van der Waals surface area contributed by atoms with Crippen LogP contribution in [0, 0.1) is 5.92 Å². The zero-order chi connectivity index (χ0) is 13.5. The molecule has 0 radical (unpaired) electrons. The van der Waals surface area contributed by atoms with Crippen molar-refractivity contribution in [2.75, 3.05) is 29.6 Å². The van der Waals surface area contributed by atoms with E-state index in [1.807, 2.05) is 12.1 Å². The fraction of sp³-hybridized carbons (Fsp3) is 0.500. The Balaban J connectivity index is 1.68. The predicted molar refractivity (Wildman–Crippen MR) is 75.1 cm³/mol. The first kappa shape index (κ1) is 12.3. The summed E-state index contributed by atoms with van der Waals surface area (Å²) in [5, 5.41) is 6.27. The average Bonchev–Trinajstić information content (AvgIpc) is 3.14. The number of rotatable bonds is 4. The van der Waals surface area contributed by atoms with Crippen molar-refractivity contribution < 1.29 is 9.53 Å². The van der Waals surface area contributed by atoms with Gasteiger partial charge in [0, 0.05) is 11.6 Å². The SMILES string of the molecule is CC1(Nc2ccc(NC(=O)C3CC3)cc2N)COC1. The number of nitrogens with one attached hydrogen (secondary N) is 2. The molecule has 0 spiro atoms. The summed E-state index contributed by atoms with van der Waals surface area (Å²) in [6.45, 7) is 3.47. The minimum atomic E-state index is -0.0348. The van der Waals surface area contributed by atoms with Crippen LogP contribution in [0.1, 0.15) is 19.8 Å². The van der Waals surface area contributed by atoms with Crippen LogP contribution >= 0.6 is 0 Å². The Morgan fingerprint density at radius 1 is 1.42 bits per heavy atom. The molecule has 0 atom stereocenters. The van der Waals surface area contributed by atoms with Crippen molar-refractivity contribution in [3.8, 4) is 0 Å². The lowest BCUT2D eigenvalue weighted by Gasteiger charge is -2.39. The molecule has 3 rings (SSSR count). The fourth-order valence-corrected chi connectivity index (χ4v) is 2.15. The molecule has 1 saturated carbocycles. The monoisotopic (exact) mass is 261 g/mol. The zero-order valence-corrected chi connectivity index (χ0v) is 11.0. The van der Waals surface area contributed by atoms with Gasteiger partial charge in [0.25, 0.3) is 0 Å². The number of carbonyl (C=O) groups excluding carboxylic acids is 1. The first-order chi connectivity index (χ1) is 9.06. The van der Waals surface area contributed by atoms with E-state index < -0.39 is 0 Å². The maximum Gasteiger partial charge on any atom is 0.227 e. The molecule has 102 valence electrons. The third-order valence-corrected chi connectivity index (χ3v) is 3.54. The highest BCUT2D eigenvalue weighted by molar-refractivity contribution is 5.95. The number of benzene rings is 1. The summed E-state index contributed by atoms with van der Waals surface area (Å²) in [4.78, 5) is 11.7. The Morgan fingerprint density at radius 2 is 2.16 bits per heavy atom. The van der Waals surface area contributed by atoms with E-state index in [4.69, 9.17) is 10.5 Å². The molecule has 1 saturated heterocycles. The summed E-state index contributed by atoms with van der Waals surface area (Å²) >= 11 is 0. The Labute approximate surface area is 112 Å². The number of nitrogens with two attached hydrogens (primary N) is 1. The molecule has 0 unspecified atom stereocenters. The van der Waals surface area contributed by atoms with Gasteiger partial charge in [-0.15, -0.1) is 0 Å². The molecule has 2 aliphatic rings. The largest absolute Gasteiger partial charge is 0.397 e. The molecule has 19 heavy (non-hydrogen) atoms. The van der Waals surface area contributed by atoms with Gasteiger partial charge in [-0.05, 0) is 38.0 Å². The molecular formula is C14H19N3O2. The van der Waals surface area contributed by atoms with Gasteiger partial charge in [0.05, 0.1) is 30.1 Å². The summed E-state index contributed by atoms with van der Waals surface area (Å²) in [6.07, 6.45) is 2.00. The van der Waals surface area contributed by atoms with Crippen LogP contribution in [-0.2, 0) is 9.53 Å². The van der Waals surface area contributed by atoms with Crippen molar-refractivity contribution in [3.63, 3.8) is 0 Å². The maximum absolute atomic E-state index is 11.7. The lowest BCUT2D eigenvalue weighted by molar-refractivity contribution is -0.117. The average molecular weight is 261 g/mol. The van der Waals surface area contributed by atoms with Crippen molar-refractivity contribution in [2.24, 2.45) is 5.92 Å². The molecule has 0 aromatic heterocycles. The van der Waals surface area contributed by atoms with Crippen LogP contribution in [0.3, 0.4) is 0 Å². The number of hydrogen-bond donors (Lipinski definition) is 3. The standard InChI is InChI=1S/C14H19N3O2/c1-14(7-19-8-14)17-12-5-4-10(6-11(12)15)16-13(18)9-2-3-9/h4-6,9,17H,2-3,7-8,15H2,1H3,(H,16,18). The lowest BCUT2D eigenvalue weighted by atomic mass is 10.00. The van der Waals surface area contributed by atoms with Gasteiger partial charge in [0.1, 0.15) is 0 Å². The summed E-state index contributed by atoms with van der Waals surface area (Å²) < 4.78 is 5.20. The van der Waals surface area contributed by atoms with E-state index in [2.05, 4.69) is 17.6 Å². The minimum Gasteiger partial charge on any atom is -0.397 e. The van der Waals surface area contributed by atoms with Gasteiger partial charge in [0.2, 0.25) is 5.91 Å². The molecule has 1 aromatic rings. The van der Waals surface area contributed by atoms with Crippen molar-refractivity contribution in [2.45, 2.75) is 25.3 Å². The van der Waals surface area contributed by atoms with Crippen LogP contribution in [0.2, 0.25) is 0 Å². The van der Waals surface area contributed by atoms with Crippen LogP contribution in [0.4, 0.5) is 17.1 Å². The van der Waals surface area contributed by atoms with E-state index in [-0.39, 0.29) is 17.4 Å². The van der Waals surface area contributed by atoms with E-state index in [1.54, 1.807) is 6.07 Å². The van der Waals surface area contributed by atoms with E-state index >= 15 is 0 Å². The number of anilines is 3. The molecule has 2 fully saturated rings. The Morgan fingerprint density at radius 3 is 2.68 bits per heavy atom.